The Morgan fingerprint density at radius 2 is 2.14 bits per heavy atom. The number of aryl methyl sites for hydroxylation is 1. The van der Waals surface area contributed by atoms with Crippen LogP contribution in [0.25, 0.3) is 0 Å². The third kappa shape index (κ3) is 1.78. The van der Waals surface area contributed by atoms with Crippen LogP contribution in [0.5, 0.6) is 0 Å². The molecule has 1 rings (SSSR count). The van der Waals surface area contributed by atoms with Gasteiger partial charge in [0, 0.05) is 0 Å². The Hall–Kier alpha value is -1.72. The molecule has 1 aromatic heterocycles. The third-order valence-corrected chi connectivity index (χ3v) is 1.74. The number of halogens is 2. The summed E-state index contributed by atoms with van der Waals surface area (Å²) in [6.45, 7) is 1.47. The minimum absolute atomic E-state index is 0.0769. The summed E-state index contributed by atoms with van der Waals surface area (Å²) in [7, 11) is 0. The molecule has 0 radical (unpaired) electrons. The molecule has 4 N–H and O–H groups in total. The number of nitrogens with zero attached hydrogens (tertiary/aromatic N) is 1. The summed E-state index contributed by atoms with van der Waals surface area (Å²) in [5.41, 5.74) is 10.0. The molecule has 14 heavy (non-hydrogen) atoms. The van der Waals surface area contributed by atoms with Crippen LogP contribution in [0.3, 0.4) is 0 Å². The number of nitrogens with two attached hydrogens (primary N) is 2. The van der Waals surface area contributed by atoms with E-state index in [0.717, 1.165) is 6.07 Å². The number of anilines is 1. The molecule has 0 atom stereocenters. The first-order valence-corrected chi connectivity index (χ1v) is 3.78. The molecule has 0 bridgehead atoms. The number of primary amides is 1. The lowest BCUT2D eigenvalue weighted by molar-refractivity contribution is 0.0994. The molecule has 0 aromatic carbocycles. The second-order valence-corrected chi connectivity index (χ2v) is 2.79. The minimum atomic E-state index is -2.71. The van der Waals surface area contributed by atoms with Crippen LogP contribution >= 0.6 is 0 Å². The molecule has 1 amide bonds. The zero-order valence-electron chi connectivity index (χ0n) is 7.42. The fraction of sp³-hybridized carbons (Fsp3) is 0.250. The van der Waals surface area contributed by atoms with E-state index in [1.54, 1.807) is 0 Å². The standard InChI is InChI=1S/C8H9F2N3O/c1-3-2-4(6(9)10)7(11)13-5(3)8(12)14/h2,6H,1H3,(H2,11,13)(H2,12,14). The monoisotopic (exact) mass is 201 g/mol. The van der Waals surface area contributed by atoms with Gasteiger partial charge in [0.05, 0.1) is 5.56 Å². The molecule has 1 aromatic rings. The first-order chi connectivity index (χ1) is 6.43. The van der Waals surface area contributed by atoms with Crippen LogP contribution in [-0.4, -0.2) is 10.9 Å². The van der Waals surface area contributed by atoms with Gasteiger partial charge < -0.3 is 11.5 Å². The van der Waals surface area contributed by atoms with Gasteiger partial charge in [-0.3, -0.25) is 4.79 Å². The minimum Gasteiger partial charge on any atom is -0.383 e. The molecular weight excluding hydrogens is 192 g/mol. The van der Waals surface area contributed by atoms with Crippen molar-refractivity contribution in [1.29, 1.82) is 0 Å². The lowest BCUT2D eigenvalue weighted by atomic mass is 10.1. The summed E-state index contributed by atoms with van der Waals surface area (Å²) in [5.74, 6) is -1.14. The van der Waals surface area contributed by atoms with E-state index >= 15 is 0 Å². The molecule has 0 fully saturated rings. The summed E-state index contributed by atoms with van der Waals surface area (Å²) in [6, 6.07) is 1.12. The first-order valence-electron chi connectivity index (χ1n) is 3.78. The van der Waals surface area contributed by atoms with E-state index in [-0.39, 0.29) is 17.1 Å². The van der Waals surface area contributed by atoms with Gasteiger partial charge in [0.1, 0.15) is 11.5 Å². The van der Waals surface area contributed by atoms with Crippen molar-refractivity contribution in [3.63, 3.8) is 0 Å². The van der Waals surface area contributed by atoms with Gasteiger partial charge >= 0.3 is 0 Å². The number of aromatic nitrogens is 1. The highest BCUT2D eigenvalue weighted by Crippen LogP contribution is 2.25. The topological polar surface area (TPSA) is 82.0 Å². The molecule has 4 nitrogen and oxygen atoms in total. The molecule has 0 spiro atoms. The van der Waals surface area contributed by atoms with E-state index in [1.807, 2.05) is 0 Å². The van der Waals surface area contributed by atoms with Gasteiger partial charge in [-0.2, -0.15) is 0 Å². The normalized spacial score (nSPS) is 10.6. The number of pyridine rings is 1. The number of hydrogen-bond donors (Lipinski definition) is 2. The largest absolute Gasteiger partial charge is 0.383 e. The van der Waals surface area contributed by atoms with Crippen molar-refractivity contribution >= 4 is 11.7 Å². The number of hydrogen-bond acceptors (Lipinski definition) is 3. The smallest absolute Gasteiger partial charge is 0.267 e. The lowest BCUT2D eigenvalue weighted by Crippen LogP contribution is -2.16. The fourth-order valence-corrected chi connectivity index (χ4v) is 1.07. The van der Waals surface area contributed by atoms with Crippen molar-refractivity contribution in [2.45, 2.75) is 13.3 Å². The number of carbonyl (C=O) groups is 1. The molecule has 0 saturated heterocycles. The number of amides is 1. The Morgan fingerprint density at radius 3 is 2.57 bits per heavy atom. The second-order valence-electron chi connectivity index (χ2n) is 2.79. The number of carbonyl (C=O) groups excluding carboxylic acids is 1. The molecular formula is C8H9F2N3O. The maximum absolute atomic E-state index is 12.3. The van der Waals surface area contributed by atoms with Crippen LogP contribution in [-0.2, 0) is 0 Å². The van der Waals surface area contributed by atoms with Crippen LogP contribution in [0.15, 0.2) is 6.07 Å². The van der Waals surface area contributed by atoms with Gasteiger partial charge in [-0.25, -0.2) is 13.8 Å². The van der Waals surface area contributed by atoms with Crippen LogP contribution in [0.1, 0.15) is 28.0 Å². The highest BCUT2D eigenvalue weighted by Gasteiger charge is 2.16. The zero-order chi connectivity index (χ0) is 10.9. The first kappa shape index (κ1) is 10.4. The molecule has 0 aliphatic heterocycles. The van der Waals surface area contributed by atoms with Gasteiger partial charge in [-0.05, 0) is 18.6 Å². The van der Waals surface area contributed by atoms with Crippen LogP contribution in [0.2, 0.25) is 0 Å². The van der Waals surface area contributed by atoms with Gasteiger partial charge in [0.2, 0.25) is 0 Å². The van der Waals surface area contributed by atoms with E-state index in [4.69, 9.17) is 11.5 Å². The Kier molecular flexibility index (Phi) is 2.64. The Morgan fingerprint density at radius 1 is 1.57 bits per heavy atom. The fourth-order valence-electron chi connectivity index (χ4n) is 1.07. The average molecular weight is 201 g/mol. The Labute approximate surface area is 78.9 Å². The van der Waals surface area contributed by atoms with Crippen molar-refractivity contribution < 1.29 is 13.6 Å². The highest BCUT2D eigenvalue weighted by atomic mass is 19.3. The molecule has 0 aliphatic carbocycles. The summed E-state index contributed by atoms with van der Waals surface area (Å²) in [5, 5.41) is 0. The van der Waals surface area contributed by atoms with E-state index in [9.17, 15) is 13.6 Å². The van der Waals surface area contributed by atoms with E-state index in [2.05, 4.69) is 4.98 Å². The maximum Gasteiger partial charge on any atom is 0.267 e. The molecule has 0 aliphatic rings. The third-order valence-electron chi connectivity index (χ3n) is 1.74. The van der Waals surface area contributed by atoms with Gasteiger partial charge in [-0.1, -0.05) is 0 Å². The molecule has 1 heterocycles. The van der Waals surface area contributed by atoms with E-state index in [1.165, 1.54) is 6.92 Å². The summed E-state index contributed by atoms with van der Waals surface area (Å²) in [4.78, 5) is 14.3. The van der Waals surface area contributed by atoms with Crippen LogP contribution < -0.4 is 11.5 Å². The maximum atomic E-state index is 12.3. The summed E-state index contributed by atoms with van der Waals surface area (Å²) >= 11 is 0. The predicted octanol–water partition coefficient (Wildman–Crippen LogP) is 1.01. The number of rotatable bonds is 2. The van der Waals surface area contributed by atoms with Crippen molar-refractivity contribution in [3.8, 4) is 0 Å². The molecule has 76 valence electrons. The molecule has 0 unspecified atom stereocenters. The van der Waals surface area contributed by atoms with Gasteiger partial charge in [0.25, 0.3) is 12.3 Å². The Balaban J connectivity index is 3.31. The summed E-state index contributed by atoms with van der Waals surface area (Å²) < 4.78 is 24.6. The SMILES string of the molecule is Cc1cc(C(F)F)c(N)nc1C(N)=O. The van der Waals surface area contributed by atoms with E-state index < -0.39 is 12.3 Å². The quantitative estimate of drug-likeness (QED) is 0.749. The zero-order valence-corrected chi connectivity index (χ0v) is 7.42. The van der Waals surface area contributed by atoms with Crippen molar-refractivity contribution in [2.24, 2.45) is 5.73 Å². The van der Waals surface area contributed by atoms with E-state index in [0.29, 0.717) is 5.56 Å². The van der Waals surface area contributed by atoms with Crippen LogP contribution in [0, 0.1) is 6.92 Å². The average Bonchev–Trinajstić information content (AvgIpc) is 2.07. The van der Waals surface area contributed by atoms with Gasteiger partial charge in [-0.15, -0.1) is 0 Å². The van der Waals surface area contributed by atoms with Crippen molar-refractivity contribution in [3.05, 3.63) is 22.9 Å². The van der Waals surface area contributed by atoms with Crippen molar-refractivity contribution in [2.75, 3.05) is 5.73 Å². The highest BCUT2D eigenvalue weighted by molar-refractivity contribution is 5.92. The molecule has 0 saturated carbocycles. The van der Waals surface area contributed by atoms with Crippen molar-refractivity contribution in [1.82, 2.24) is 4.98 Å². The van der Waals surface area contributed by atoms with Gasteiger partial charge in [0.15, 0.2) is 0 Å². The van der Waals surface area contributed by atoms with Crippen LogP contribution in [0.4, 0.5) is 14.6 Å². The molecule has 6 heteroatoms. The lowest BCUT2D eigenvalue weighted by Gasteiger charge is -2.07. The Bertz CT molecular complexity index is 379. The second kappa shape index (κ2) is 3.57. The number of nitrogen functional groups attached to an aromatic ring is 1. The number of alkyl halides is 2. The summed E-state index contributed by atoms with van der Waals surface area (Å²) in [6.07, 6.45) is -2.71. The predicted molar refractivity (Wildman–Crippen MR) is 46.9 cm³/mol.